The number of hydrogen-bond donors (Lipinski definition) is 1. The second kappa shape index (κ2) is 4.30. The first-order chi connectivity index (χ1) is 8.43. The standard InChI is InChI=1S/C12H11NO4S/c1-13(12(14)15)18(16,17)11-7-6-9-4-2-3-5-10(9)8-11/h2-8H,1H3,(H,14,15). The van der Waals surface area contributed by atoms with Crippen molar-refractivity contribution < 1.29 is 18.3 Å². The van der Waals surface area contributed by atoms with E-state index in [1.165, 1.54) is 12.1 Å². The highest BCUT2D eigenvalue weighted by Gasteiger charge is 2.24. The molecule has 94 valence electrons. The van der Waals surface area contributed by atoms with Gasteiger partial charge in [-0.15, -0.1) is 0 Å². The van der Waals surface area contributed by atoms with Gasteiger partial charge in [0.15, 0.2) is 0 Å². The van der Waals surface area contributed by atoms with Crippen LogP contribution in [0.1, 0.15) is 0 Å². The predicted octanol–water partition coefficient (Wildman–Crippen LogP) is 2.14. The van der Waals surface area contributed by atoms with Crippen LogP contribution in [0.25, 0.3) is 10.8 Å². The maximum Gasteiger partial charge on any atom is 0.421 e. The Hall–Kier alpha value is -2.08. The van der Waals surface area contributed by atoms with E-state index in [4.69, 9.17) is 5.11 Å². The molecular formula is C12H11NO4S. The number of carboxylic acid groups (broad SMARTS) is 1. The summed E-state index contributed by atoms with van der Waals surface area (Å²) in [6, 6.07) is 11.8. The highest BCUT2D eigenvalue weighted by molar-refractivity contribution is 7.89. The lowest BCUT2D eigenvalue weighted by atomic mass is 10.1. The van der Waals surface area contributed by atoms with Gasteiger partial charge in [0, 0.05) is 7.05 Å². The quantitative estimate of drug-likeness (QED) is 0.902. The van der Waals surface area contributed by atoms with E-state index < -0.39 is 16.1 Å². The molecule has 5 nitrogen and oxygen atoms in total. The molecule has 1 amide bonds. The molecule has 2 aromatic rings. The summed E-state index contributed by atoms with van der Waals surface area (Å²) in [5, 5.41) is 10.4. The molecule has 2 rings (SSSR count). The van der Waals surface area contributed by atoms with Crippen molar-refractivity contribution in [2.45, 2.75) is 4.90 Å². The molecule has 0 saturated carbocycles. The molecule has 0 aliphatic rings. The zero-order valence-corrected chi connectivity index (χ0v) is 10.4. The third-order valence-electron chi connectivity index (χ3n) is 2.65. The molecule has 18 heavy (non-hydrogen) atoms. The Morgan fingerprint density at radius 2 is 1.72 bits per heavy atom. The second-order valence-corrected chi connectivity index (χ2v) is 5.73. The number of benzene rings is 2. The topological polar surface area (TPSA) is 74.7 Å². The van der Waals surface area contributed by atoms with Crippen molar-refractivity contribution >= 4 is 26.9 Å². The molecule has 0 spiro atoms. The zero-order chi connectivity index (χ0) is 13.3. The zero-order valence-electron chi connectivity index (χ0n) is 9.57. The fraction of sp³-hybridized carbons (Fsp3) is 0.0833. The molecule has 2 aromatic carbocycles. The first kappa shape index (κ1) is 12.4. The Bertz CT molecular complexity index is 709. The van der Waals surface area contributed by atoms with Crippen LogP contribution in [0.2, 0.25) is 0 Å². The average molecular weight is 265 g/mol. The number of hydrogen-bond acceptors (Lipinski definition) is 3. The van der Waals surface area contributed by atoms with E-state index in [9.17, 15) is 13.2 Å². The number of amides is 1. The third kappa shape index (κ3) is 2.02. The highest BCUT2D eigenvalue weighted by Crippen LogP contribution is 2.21. The molecule has 0 fully saturated rings. The van der Waals surface area contributed by atoms with Crippen LogP contribution in [0.15, 0.2) is 47.4 Å². The van der Waals surface area contributed by atoms with Crippen molar-refractivity contribution in [3.8, 4) is 0 Å². The molecule has 0 unspecified atom stereocenters. The largest absolute Gasteiger partial charge is 0.464 e. The third-order valence-corrected chi connectivity index (χ3v) is 4.38. The minimum Gasteiger partial charge on any atom is -0.464 e. The number of rotatable bonds is 2. The van der Waals surface area contributed by atoms with Crippen LogP contribution < -0.4 is 0 Å². The van der Waals surface area contributed by atoms with E-state index >= 15 is 0 Å². The first-order valence-corrected chi connectivity index (χ1v) is 6.57. The van der Waals surface area contributed by atoms with Gasteiger partial charge in [-0.05, 0) is 22.9 Å². The van der Waals surface area contributed by atoms with Gasteiger partial charge in [0.1, 0.15) is 0 Å². The number of sulfonamides is 1. The lowest BCUT2D eigenvalue weighted by Crippen LogP contribution is -2.31. The van der Waals surface area contributed by atoms with E-state index in [1.54, 1.807) is 18.2 Å². The van der Waals surface area contributed by atoms with Crippen molar-refractivity contribution in [3.05, 3.63) is 42.5 Å². The van der Waals surface area contributed by atoms with Gasteiger partial charge in [-0.3, -0.25) is 0 Å². The van der Waals surface area contributed by atoms with Gasteiger partial charge in [0.2, 0.25) is 0 Å². The molecule has 0 aliphatic carbocycles. The van der Waals surface area contributed by atoms with Gasteiger partial charge in [-0.1, -0.05) is 30.3 Å². The molecule has 1 N–H and O–H groups in total. The summed E-state index contributed by atoms with van der Waals surface area (Å²) in [4.78, 5) is 10.7. The Kier molecular flexibility index (Phi) is 2.96. The van der Waals surface area contributed by atoms with Gasteiger partial charge in [-0.25, -0.2) is 17.5 Å². The highest BCUT2D eigenvalue weighted by atomic mass is 32.2. The van der Waals surface area contributed by atoms with Gasteiger partial charge in [0.25, 0.3) is 10.0 Å². The first-order valence-electron chi connectivity index (χ1n) is 5.13. The molecule has 0 bridgehead atoms. The molecule has 6 heteroatoms. The SMILES string of the molecule is CN(C(=O)O)S(=O)(=O)c1ccc2ccccc2c1. The fourth-order valence-corrected chi connectivity index (χ4v) is 2.63. The molecule has 0 radical (unpaired) electrons. The predicted molar refractivity (Wildman–Crippen MR) is 66.9 cm³/mol. The summed E-state index contributed by atoms with van der Waals surface area (Å²) in [5.74, 6) is 0. The number of nitrogens with zero attached hydrogens (tertiary/aromatic N) is 1. The Morgan fingerprint density at radius 3 is 2.33 bits per heavy atom. The van der Waals surface area contributed by atoms with Crippen LogP contribution in [0.4, 0.5) is 4.79 Å². The van der Waals surface area contributed by atoms with Gasteiger partial charge in [-0.2, -0.15) is 0 Å². The van der Waals surface area contributed by atoms with Crippen LogP contribution in [-0.4, -0.2) is 31.0 Å². The van der Waals surface area contributed by atoms with Gasteiger partial charge >= 0.3 is 6.09 Å². The summed E-state index contributed by atoms with van der Waals surface area (Å²) in [7, 11) is -2.99. The maximum atomic E-state index is 12.0. The van der Waals surface area contributed by atoms with Crippen molar-refractivity contribution in [2.75, 3.05) is 7.05 Å². The molecular weight excluding hydrogens is 254 g/mol. The minimum atomic E-state index is -4.00. The fourth-order valence-electron chi connectivity index (χ4n) is 1.59. The van der Waals surface area contributed by atoms with E-state index in [0.29, 0.717) is 4.31 Å². The molecule has 0 aromatic heterocycles. The smallest absolute Gasteiger partial charge is 0.421 e. The van der Waals surface area contributed by atoms with Crippen LogP contribution in [0.3, 0.4) is 0 Å². The van der Waals surface area contributed by atoms with Crippen LogP contribution >= 0.6 is 0 Å². The van der Waals surface area contributed by atoms with E-state index in [-0.39, 0.29) is 4.90 Å². The Morgan fingerprint density at radius 1 is 1.11 bits per heavy atom. The normalized spacial score (nSPS) is 11.4. The number of fused-ring (bicyclic) bond motifs is 1. The Labute approximate surface area is 104 Å². The summed E-state index contributed by atoms with van der Waals surface area (Å²) in [5.41, 5.74) is 0. The summed E-state index contributed by atoms with van der Waals surface area (Å²) in [6.07, 6.45) is -1.51. The van der Waals surface area contributed by atoms with Crippen molar-refractivity contribution in [2.24, 2.45) is 0 Å². The molecule has 0 saturated heterocycles. The van der Waals surface area contributed by atoms with Crippen LogP contribution in [-0.2, 0) is 10.0 Å². The monoisotopic (exact) mass is 265 g/mol. The van der Waals surface area contributed by atoms with E-state index in [0.717, 1.165) is 17.8 Å². The summed E-state index contributed by atoms with van der Waals surface area (Å²) < 4.78 is 24.2. The maximum absolute atomic E-state index is 12.0. The Balaban J connectivity index is 2.58. The second-order valence-electron chi connectivity index (χ2n) is 3.76. The summed E-state index contributed by atoms with van der Waals surface area (Å²) >= 11 is 0. The average Bonchev–Trinajstić information content (AvgIpc) is 2.37. The molecule has 0 atom stereocenters. The van der Waals surface area contributed by atoms with Gasteiger partial charge in [0.05, 0.1) is 4.90 Å². The van der Waals surface area contributed by atoms with Crippen LogP contribution in [0, 0.1) is 0 Å². The van der Waals surface area contributed by atoms with Crippen LogP contribution in [0.5, 0.6) is 0 Å². The lowest BCUT2D eigenvalue weighted by molar-refractivity contribution is 0.178. The molecule has 0 heterocycles. The van der Waals surface area contributed by atoms with Crippen molar-refractivity contribution in [3.63, 3.8) is 0 Å². The van der Waals surface area contributed by atoms with E-state index in [1.807, 2.05) is 12.1 Å². The number of carbonyl (C=O) groups is 1. The summed E-state index contributed by atoms with van der Waals surface area (Å²) in [6.45, 7) is 0. The lowest BCUT2D eigenvalue weighted by Gasteiger charge is -2.14. The van der Waals surface area contributed by atoms with Crippen molar-refractivity contribution in [1.29, 1.82) is 0 Å². The molecule has 0 aliphatic heterocycles. The van der Waals surface area contributed by atoms with E-state index in [2.05, 4.69) is 0 Å². The minimum absolute atomic E-state index is 0.0360. The van der Waals surface area contributed by atoms with Gasteiger partial charge < -0.3 is 5.11 Å². The van der Waals surface area contributed by atoms with Crippen molar-refractivity contribution in [1.82, 2.24) is 4.31 Å².